The van der Waals surface area contributed by atoms with E-state index in [9.17, 15) is 4.79 Å². The smallest absolute Gasteiger partial charge is 0.238 e. The van der Waals surface area contributed by atoms with E-state index in [1.54, 1.807) is 13.2 Å². The Labute approximate surface area is 181 Å². The number of amides is 1. The Hall–Kier alpha value is -2.77. The lowest BCUT2D eigenvalue weighted by Crippen LogP contribution is -2.36. The topological polar surface area (TPSA) is 73.5 Å². The van der Waals surface area contributed by atoms with Crippen molar-refractivity contribution in [2.75, 3.05) is 50.1 Å². The van der Waals surface area contributed by atoms with Crippen LogP contribution in [0.25, 0.3) is 11.0 Å². The van der Waals surface area contributed by atoms with Gasteiger partial charge in [0.15, 0.2) is 0 Å². The number of ether oxygens (including phenoxy) is 1. The number of methoxy groups -OCH3 is 1. The highest BCUT2D eigenvalue weighted by molar-refractivity contribution is 6.31. The number of carbonyl (C=O) groups excluding carboxylic acids is 1. The summed E-state index contributed by atoms with van der Waals surface area (Å²) in [6.07, 6.45) is 0.966. The fourth-order valence-corrected chi connectivity index (χ4v) is 3.91. The van der Waals surface area contributed by atoms with Crippen molar-refractivity contribution in [1.82, 2.24) is 14.9 Å². The van der Waals surface area contributed by atoms with Crippen molar-refractivity contribution in [3.05, 3.63) is 47.0 Å². The van der Waals surface area contributed by atoms with Gasteiger partial charge in [-0.2, -0.15) is 0 Å². The normalized spacial score (nSPS) is 15.2. The third-order valence-corrected chi connectivity index (χ3v) is 5.79. The highest BCUT2D eigenvalue weighted by Gasteiger charge is 2.20. The summed E-state index contributed by atoms with van der Waals surface area (Å²) in [6, 6.07) is 11.6. The number of hydrogen-bond acceptors (Lipinski definition) is 5. The number of fused-ring (bicyclic) bond motifs is 1. The van der Waals surface area contributed by atoms with E-state index in [1.807, 2.05) is 37.3 Å². The largest absolute Gasteiger partial charge is 0.495 e. The summed E-state index contributed by atoms with van der Waals surface area (Å²) in [5.41, 5.74) is 3.55. The number of halogens is 1. The number of H-pyrrole nitrogens is 1. The van der Waals surface area contributed by atoms with Crippen LogP contribution in [0.2, 0.25) is 5.02 Å². The standard InChI is InChI=1S/C22H26ClN5O2/c1-15-12-19(20(30-2)13-16(15)23)24-21(29)14-27-8-5-9-28(11-10-27)22-25-17-6-3-4-7-18(17)26-22/h3-4,6-7,12-13H,5,8-11,14H2,1-2H3,(H,24,29)(H,25,26). The van der Waals surface area contributed by atoms with E-state index >= 15 is 0 Å². The van der Waals surface area contributed by atoms with E-state index in [-0.39, 0.29) is 5.91 Å². The van der Waals surface area contributed by atoms with Crippen molar-refractivity contribution in [3.8, 4) is 5.75 Å². The molecule has 2 heterocycles. The zero-order valence-electron chi connectivity index (χ0n) is 17.2. The summed E-state index contributed by atoms with van der Waals surface area (Å²) < 4.78 is 5.35. The molecule has 2 N–H and O–H groups in total. The lowest BCUT2D eigenvalue weighted by atomic mass is 10.2. The monoisotopic (exact) mass is 427 g/mol. The minimum Gasteiger partial charge on any atom is -0.495 e. The van der Waals surface area contributed by atoms with E-state index < -0.39 is 0 Å². The number of imidazole rings is 1. The fourth-order valence-electron chi connectivity index (χ4n) is 3.75. The number of aryl methyl sites for hydroxylation is 1. The Morgan fingerprint density at radius 1 is 1.23 bits per heavy atom. The van der Waals surface area contributed by atoms with Crippen molar-refractivity contribution in [2.24, 2.45) is 0 Å². The molecular formula is C22H26ClN5O2. The Morgan fingerprint density at radius 3 is 2.87 bits per heavy atom. The second kappa shape index (κ2) is 8.93. The third kappa shape index (κ3) is 4.52. The third-order valence-electron chi connectivity index (χ3n) is 5.39. The average molecular weight is 428 g/mol. The Balaban J connectivity index is 1.37. The molecule has 1 aliphatic rings. The van der Waals surface area contributed by atoms with Crippen molar-refractivity contribution in [3.63, 3.8) is 0 Å². The molecular weight excluding hydrogens is 402 g/mol. The highest BCUT2D eigenvalue weighted by Crippen LogP contribution is 2.31. The fraction of sp³-hybridized carbons (Fsp3) is 0.364. The van der Waals surface area contributed by atoms with Crippen LogP contribution in [0, 0.1) is 6.92 Å². The maximum absolute atomic E-state index is 12.7. The Morgan fingerprint density at radius 2 is 2.07 bits per heavy atom. The molecule has 4 rings (SSSR count). The molecule has 1 fully saturated rings. The molecule has 2 aromatic carbocycles. The molecule has 8 heteroatoms. The molecule has 0 saturated carbocycles. The number of hydrogen-bond donors (Lipinski definition) is 2. The molecule has 3 aromatic rings. The zero-order chi connectivity index (χ0) is 21.1. The van der Waals surface area contributed by atoms with Crippen LogP contribution in [-0.2, 0) is 4.79 Å². The number of nitrogens with one attached hydrogen (secondary N) is 2. The summed E-state index contributed by atoms with van der Waals surface area (Å²) in [5, 5.41) is 3.58. The number of aromatic nitrogens is 2. The summed E-state index contributed by atoms with van der Waals surface area (Å²) in [5.74, 6) is 1.39. The van der Waals surface area contributed by atoms with Crippen LogP contribution in [-0.4, -0.2) is 60.6 Å². The van der Waals surface area contributed by atoms with Crippen LogP contribution >= 0.6 is 11.6 Å². The number of nitrogens with zero attached hydrogens (tertiary/aromatic N) is 3. The predicted octanol–water partition coefficient (Wildman–Crippen LogP) is 3.68. The molecule has 30 heavy (non-hydrogen) atoms. The quantitative estimate of drug-likeness (QED) is 0.649. The van der Waals surface area contributed by atoms with Gasteiger partial charge in [-0.05, 0) is 37.1 Å². The molecule has 0 aliphatic carbocycles. The van der Waals surface area contributed by atoms with Crippen LogP contribution in [0.3, 0.4) is 0 Å². The van der Waals surface area contributed by atoms with Gasteiger partial charge >= 0.3 is 0 Å². The minimum absolute atomic E-state index is 0.0628. The molecule has 7 nitrogen and oxygen atoms in total. The average Bonchev–Trinajstić information content (AvgIpc) is 3.03. The van der Waals surface area contributed by atoms with Gasteiger partial charge in [-0.1, -0.05) is 23.7 Å². The minimum atomic E-state index is -0.0628. The molecule has 0 radical (unpaired) electrons. The second-order valence-corrected chi connectivity index (χ2v) is 7.95. The van der Waals surface area contributed by atoms with Crippen molar-refractivity contribution in [2.45, 2.75) is 13.3 Å². The van der Waals surface area contributed by atoms with Gasteiger partial charge in [0, 0.05) is 37.3 Å². The van der Waals surface area contributed by atoms with Gasteiger partial charge in [-0.15, -0.1) is 0 Å². The summed E-state index contributed by atoms with van der Waals surface area (Å²) in [7, 11) is 1.57. The highest BCUT2D eigenvalue weighted by atomic mass is 35.5. The van der Waals surface area contributed by atoms with E-state index in [2.05, 4.69) is 20.1 Å². The Bertz CT molecular complexity index is 1020. The lowest BCUT2D eigenvalue weighted by Gasteiger charge is -2.21. The molecule has 0 unspecified atom stereocenters. The Kier molecular flexibility index (Phi) is 6.11. The molecule has 1 aromatic heterocycles. The van der Waals surface area contributed by atoms with Crippen molar-refractivity contribution >= 4 is 40.2 Å². The van der Waals surface area contributed by atoms with Crippen LogP contribution < -0.4 is 15.0 Å². The first-order chi connectivity index (χ1) is 14.5. The van der Waals surface area contributed by atoms with Gasteiger partial charge in [0.05, 0.1) is 30.4 Å². The maximum Gasteiger partial charge on any atom is 0.238 e. The van der Waals surface area contributed by atoms with Crippen LogP contribution in [0.15, 0.2) is 36.4 Å². The number of carbonyl (C=O) groups is 1. The van der Waals surface area contributed by atoms with Crippen LogP contribution in [0.1, 0.15) is 12.0 Å². The summed E-state index contributed by atoms with van der Waals surface area (Å²) >= 11 is 6.15. The van der Waals surface area contributed by atoms with Gasteiger partial charge in [0.25, 0.3) is 0 Å². The number of aromatic amines is 1. The van der Waals surface area contributed by atoms with Gasteiger partial charge < -0.3 is 19.9 Å². The molecule has 0 spiro atoms. The molecule has 0 bridgehead atoms. The lowest BCUT2D eigenvalue weighted by molar-refractivity contribution is -0.117. The molecule has 1 saturated heterocycles. The molecule has 0 atom stereocenters. The molecule has 1 aliphatic heterocycles. The maximum atomic E-state index is 12.7. The first kappa shape index (κ1) is 20.5. The van der Waals surface area contributed by atoms with E-state index in [1.165, 1.54) is 0 Å². The number of rotatable bonds is 5. The number of para-hydroxylation sites is 2. The van der Waals surface area contributed by atoms with Crippen LogP contribution in [0.4, 0.5) is 11.6 Å². The van der Waals surface area contributed by atoms with Gasteiger partial charge in [-0.25, -0.2) is 4.98 Å². The first-order valence-electron chi connectivity index (χ1n) is 10.1. The number of anilines is 2. The van der Waals surface area contributed by atoms with E-state index in [4.69, 9.17) is 21.3 Å². The number of benzene rings is 2. The SMILES string of the molecule is COc1cc(Cl)c(C)cc1NC(=O)CN1CCCN(c2nc3ccccc3[nH]2)CC1. The summed E-state index contributed by atoms with van der Waals surface area (Å²) in [4.78, 5) is 25.2. The molecule has 1 amide bonds. The van der Waals surface area contributed by atoms with Crippen molar-refractivity contribution < 1.29 is 9.53 Å². The van der Waals surface area contributed by atoms with E-state index in [0.717, 1.165) is 55.1 Å². The second-order valence-electron chi connectivity index (χ2n) is 7.54. The summed E-state index contributed by atoms with van der Waals surface area (Å²) in [6.45, 7) is 5.61. The molecule has 158 valence electrons. The zero-order valence-corrected chi connectivity index (χ0v) is 18.0. The predicted molar refractivity (Wildman–Crippen MR) is 121 cm³/mol. The van der Waals surface area contributed by atoms with Gasteiger partial charge in [-0.3, -0.25) is 9.69 Å². The first-order valence-corrected chi connectivity index (χ1v) is 10.5. The van der Waals surface area contributed by atoms with E-state index in [0.29, 0.717) is 23.0 Å². The van der Waals surface area contributed by atoms with Crippen LogP contribution in [0.5, 0.6) is 5.75 Å². The van der Waals surface area contributed by atoms with Crippen molar-refractivity contribution in [1.29, 1.82) is 0 Å². The van der Waals surface area contributed by atoms with Gasteiger partial charge in [0.2, 0.25) is 11.9 Å². The van der Waals surface area contributed by atoms with Gasteiger partial charge in [0.1, 0.15) is 5.75 Å².